The monoisotopic (exact) mass is 448 g/mol. The van der Waals surface area contributed by atoms with Crippen molar-refractivity contribution in [2.24, 2.45) is 0 Å². The number of hydrogen-bond acceptors (Lipinski definition) is 5. The molecule has 0 bridgehead atoms. The summed E-state index contributed by atoms with van der Waals surface area (Å²) in [5.74, 6) is -0.203. The molecule has 3 N–H and O–H groups in total. The third-order valence-electron chi connectivity index (χ3n) is 4.57. The molecule has 1 aromatic heterocycles. The number of hydrogen-bond donors (Lipinski definition) is 2. The van der Waals surface area contributed by atoms with Crippen LogP contribution < -0.4 is 11.1 Å². The van der Waals surface area contributed by atoms with Gasteiger partial charge in [0.15, 0.2) is 0 Å². The fraction of sp³-hybridized carbons (Fsp3) is 0.450. The minimum Gasteiger partial charge on any atom is -0.444 e. The smallest absolute Gasteiger partial charge is 0.410 e. The Morgan fingerprint density at radius 2 is 2.14 bits per heavy atom. The maximum atomic E-state index is 12.6. The first-order chi connectivity index (χ1) is 13.1. The molecule has 2 aromatic rings. The van der Waals surface area contributed by atoms with Gasteiger partial charge >= 0.3 is 6.09 Å². The van der Waals surface area contributed by atoms with Crippen LogP contribution in [0.2, 0.25) is 0 Å². The van der Waals surface area contributed by atoms with E-state index in [1.54, 1.807) is 11.1 Å². The predicted molar refractivity (Wildman–Crippen MR) is 113 cm³/mol. The summed E-state index contributed by atoms with van der Waals surface area (Å²) in [5.41, 5.74) is 7.35. The van der Waals surface area contributed by atoms with Gasteiger partial charge in [0, 0.05) is 28.9 Å². The molecule has 3 rings (SSSR count). The van der Waals surface area contributed by atoms with Crippen molar-refractivity contribution in [2.45, 2.75) is 51.7 Å². The number of ether oxygens (including phenoxy) is 1. The Morgan fingerprint density at radius 3 is 2.86 bits per heavy atom. The lowest BCUT2D eigenvalue weighted by molar-refractivity contribution is -0.117. The van der Waals surface area contributed by atoms with Crippen LogP contribution in [-0.2, 0) is 9.53 Å². The molecule has 0 saturated carbocycles. The van der Waals surface area contributed by atoms with Crippen LogP contribution in [0.5, 0.6) is 0 Å². The molecule has 2 amide bonds. The van der Waals surface area contributed by atoms with Crippen molar-refractivity contribution < 1.29 is 14.3 Å². The lowest BCUT2D eigenvalue weighted by Gasteiger charge is -2.28. The molecule has 0 spiro atoms. The first kappa shape index (κ1) is 20.4. The van der Waals surface area contributed by atoms with Crippen molar-refractivity contribution >= 4 is 50.2 Å². The van der Waals surface area contributed by atoms with Crippen LogP contribution in [0.4, 0.5) is 16.2 Å². The molecule has 1 aliphatic heterocycles. The number of fused-ring (bicyclic) bond motifs is 1. The summed E-state index contributed by atoms with van der Waals surface area (Å²) < 4.78 is 6.36. The summed E-state index contributed by atoms with van der Waals surface area (Å²) in [5, 5.41) is 3.61. The number of carbonyl (C=O) groups excluding carboxylic acids is 2. The highest BCUT2D eigenvalue weighted by molar-refractivity contribution is 9.10. The van der Waals surface area contributed by atoms with E-state index in [0.717, 1.165) is 28.2 Å². The fourth-order valence-electron chi connectivity index (χ4n) is 3.31. The predicted octanol–water partition coefficient (Wildman–Crippen LogP) is 4.31. The van der Waals surface area contributed by atoms with Crippen molar-refractivity contribution in [3.8, 4) is 0 Å². The highest BCUT2D eigenvalue weighted by Gasteiger charge is 2.33. The zero-order valence-corrected chi connectivity index (χ0v) is 17.9. The van der Waals surface area contributed by atoms with Gasteiger partial charge in [0.1, 0.15) is 5.60 Å². The molecule has 1 saturated heterocycles. The van der Waals surface area contributed by atoms with E-state index in [-0.39, 0.29) is 24.5 Å². The summed E-state index contributed by atoms with van der Waals surface area (Å²) in [6, 6.07) is 5.43. The fourth-order valence-corrected chi connectivity index (χ4v) is 3.66. The minimum absolute atomic E-state index is 0.180. The number of pyridine rings is 1. The number of nitrogen functional groups attached to an aromatic ring is 1. The van der Waals surface area contributed by atoms with Gasteiger partial charge in [0.2, 0.25) is 5.91 Å². The maximum absolute atomic E-state index is 12.6. The Balaban J connectivity index is 1.68. The highest BCUT2D eigenvalue weighted by Crippen LogP contribution is 2.29. The zero-order valence-electron chi connectivity index (χ0n) is 16.3. The van der Waals surface area contributed by atoms with Crippen LogP contribution in [0.3, 0.4) is 0 Å². The number of halogens is 1. The van der Waals surface area contributed by atoms with E-state index in [9.17, 15) is 9.59 Å². The lowest BCUT2D eigenvalue weighted by atomic mass is 10.1. The number of amides is 2. The molecule has 0 unspecified atom stereocenters. The third-order valence-corrected chi connectivity index (χ3v) is 5.07. The molecule has 8 heteroatoms. The minimum atomic E-state index is -0.563. The van der Waals surface area contributed by atoms with Gasteiger partial charge in [0.05, 0.1) is 23.1 Å². The first-order valence-electron chi connectivity index (χ1n) is 9.27. The van der Waals surface area contributed by atoms with Gasteiger partial charge in [-0.15, -0.1) is 0 Å². The first-order valence-corrected chi connectivity index (χ1v) is 10.1. The molecule has 28 heavy (non-hydrogen) atoms. The van der Waals surface area contributed by atoms with Crippen molar-refractivity contribution in [2.75, 3.05) is 17.6 Å². The zero-order chi connectivity index (χ0) is 20.5. The molecule has 1 aliphatic rings. The average Bonchev–Trinajstić information content (AvgIpc) is 3.04. The standard InChI is InChI=1S/C20H25BrN4O3/c1-20(2,3)28-19(27)25-8-4-5-13(25)10-17(26)24-16-11-23-15-9-12(21)6-7-14(15)18(16)22/h6-7,9,11,13H,4-5,8,10H2,1-3H3,(H2,22,23)(H,24,26)/t13-/m0/s1. The van der Waals surface area contributed by atoms with E-state index in [1.807, 2.05) is 39.0 Å². The summed E-state index contributed by atoms with van der Waals surface area (Å²) in [6.07, 6.45) is 3.00. The van der Waals surface area contributed by atoms with Gasteiger partial charge in [-0.25, -0.2) is 4.79 Å². The SMILES string of the molecule is CC(C)(C)OC(=O)N1CCC[C@H]1CC(=O)Nc1cnc2cc(Br)ccc2c1N. The van der Waals surface area contributed by atoms with Crippen LogP contribution in [0.25, 0.3) is 10.9 Å². The lowest BCUT2D eigenvalue weighted by Crippen LogP contribution is -2.41. The number of aromatic nitrogens is 1. The summed E-state index contributed by atoms with van der Waals surface area (Å²) in [4.78, 5) is 31.0. The van der Waals surface area contributed by atoms with Gasteiger partial charge in [-0.2, -0.15) is 0 Å². The molecule has 2 heterocycles. The number of anilines is 2. The van der Waals surface area contributed by atoms with Crippen LogP contribution in [-0.4, -0.2) is 40.1 Å². The normalized spacial score (nSPS) is 17.0. The molecular weight excluding hydrogens is 424 g/mol. The van der Waals surface area contributed by atoms with E-state index < -0.39 is 5.60 Å². The highest BCUT2D eigenvalue weighted by atomic mass is 79.9. The Kier molecular flexibility index (Phi) is 5.79. The van der Waals surface area contributed by atoms with Gasteiger partial charge in [-0.1, -0.05) is 15.9 Å². The second kappa shape index (κ2) is 7.95. The molecule has 7 nitrogen and oxygen atoms in total. The topological polar surface area (TPSA) is 97.5 Å². The third kappa shape index (κ3) is 4.73. The van der Waals surface area contributed by atoms with E-state index in [2.05, 4.69) is 26.2 Å². The van der Waals surface area contributed by atoms with E-state index >= 15 is 0 Å². The average molecular weight is 449 g/mol. The van der Waals surface area contributed by atoms with E-state index in [0.29, 0.717) is 17.9 Å². The number of benzene rings is 1. The van der Waals surface area contributed by atoms with Gasteiger partial charge in [0.25, 0.3) is 0 Å². The number of nitrogens with two attached hydrogens (primary N) is 1. The number of nitrogens with one attached hydrogen (secondary N) is 1. The maximum Gasteiger partial charge on any atom is 0.410 e. The molecular formula is C20H25BrN4O3. The number of likely N-dealkylation sites (tertiary alicyclic amines) is 1. The second-order valence-corrected chi connectivity index (χ2v) is 8.88. The summed E-state index contributed by atoms with van der Waals surface area (Å²) in [6.45, 7) is 6.09. The van der Waals surface area contributed by atoms with Crippen LogP contribution >= 0.6 is 15.9 Å². The molecule has 0 aliphatic carbocycles. The van der Waals surface area contributed by atoms with Crippen LogP contribution in [0.15, 0.2) is 28.9 Å². The number of rotatable bonds is 3. The molecule has 0 radical (unpaired) electrons. The van der Waals surface area contributed by atoms with Gasteiger partial charge in [-0.05, 0) is 51.8 Å². The largest absolute Gasteiger partial charge is 0.444 e. The van der Waals surface area contributed by atoms with Gasteiger partial charge in [-0.3, -0.25) is 9.78 Å². The van der Waals surface area contributed by atoms with Crippen molar-refractivity contribution in [1.82, 2.24) is 9.88 Å². The molecule has 150 valence electrons. The van der Waals surface area contributed by atoms with Crippen molar-refractivity contribution in [1.29, 1.82) is 0 Å². The Labute approximate surface area is 172 Å². The van der Waals surface area contributed by atoms with Gasteiger partial charge < -0.3 is 20.7 Å². The molecule has 1 atom stereocenters. The van der Waals surface area contributed by atoms with Crippen LogP contribution in [0.1, 0.15) is 40.0 Å². The molecule has 1 aromatic carbocycles. The molecule has 1 fully saturated rings. The van der Waals surface area contributed by atoms with Crippen molar-refractivity contribution in [3.63, 3.8) is 0 Å². The number of carbonyl (C=O) groups is 2. The van der Waals surface area contributed by atoms with Crippen LogP contribution in [0, 0.1) is 0 Å². The summed E-state index contributed by atoms with van der Waals surface area (Å²) in [7, 11) is 0. The van der Waals surface area contributed by atoms with E-state index in [1.165, 1.54) is 0 Å². The summed E-state index contributed by atoms with van der Waals surface area (Å²) >= 11 is 3.41. The van der Waals surface area contributed by atoms with E-state index in [4.69, 9.17) is 10.5 Å². The van der Waals surface area contributed by atoms with Crippen molar-refractivity contribution in [3.05, 3.63) is 28.9 Å². The Bertz CT molecular complexity index is 910. The Hall–Kier alpha value is -2.35. The quantitative estimate of drug-likeness (QED) is 0.728. The second-order valence-electron chi connectivity index (χ2n) is 7.97. The number of nitrogens with zero attached hydrogens (tertiary/aromatic N) is 2. The Morgan fingerprint density at radius 1 is 1.39 bits per heavy atom.